The van der Waals surface area contributed by atoms with E-state index in [1.165, 1.54) is 0 Å². The third kappa shape index (κ3) is 3.02. The highest BCUT2D eigenvalue weighted by atomic mass is 79.9. The molecule has 0 spiro atoms. The Bertz CT molecular complexity index is 499. The van der Waals surface area contributed by atoms with E-state index in [-0.39, 0.29) is 0 Å². The molecule has 0 unspecified atom stereocenters. The Morgan fingerprint density at radius 2 is 2.25 bits per heavy atom. The minimum atomic E-state index is 0.700. The number of nitrogens with zero attached hydrogens (tertiary/aromatic N) is 2. The summed E-state index contributed by atoms with van der Waals surface area (Å²) in [6.07, 6.45) is 1.76. The summed E-state index contributed by atoms with van der Waals surface area (Å²) in [5, 5.41) is 6.35. The van der Waals surface area contributed by atoms with E-state index >= 15 is 0 Å². The number of nitrogens with one attached hydrogen (secondary N) is 1. The predicted molar refractivity (Wildman–Crippen MR) is 73.8 cm³/mol. The molecule has 1 N–H and O–H groups in total. The van der Waals surface area contributed by atoms with Gasteiger partial charge in [0, 0.05) is 21.7 Å². The summed E-state index contributed by atoms with van der Waals surface area (Å²) < 4.78 is 1.89. The fourth-order valence-corrected chi connectivity index (χ4v) is 3.03. The summed E-state index contributed by atoms with van der Waals surface area (Å²) in [4.78, 5) is 8.65. The second-order valence-corrected chi connectivity index (χ2v) is 5.93. The predicted octanol–water partition coefficient (Wildman–Crippen LogP) is 3.98. The number of hydrogen-bond acceptors (Lipinski definition) is 4. The maximum Gasteiger partial charge on any atom is 0.140 e. The summed E-state index contributed by atoms with van der Waals surface area (Å²) in [6.45, 7) is 2.69. The molecular formula is C10H9Br2N3S. The first kappa shape index (κ1) is 12.0. The Morgan fingerprint density at radius 3 is 2.88 bits per heavy atom. The molecular weight excluding hydrogens is 354 g/mol. The molecule has 84 valence electrons. The van der Waals surface area contributed by atoms with Crippen LogP contribution in [-0.2, 0) is 6.54 Å². The largest absolute Gasteiger partial charge is 0.363 e. The smallest absolute Gasteiger partial charge is 0.140 e. The molecule has 0 bridgehead atoms. The van der Waals surface area contributed by atoms with E-state index < -0.39 is 0 Å². The van der Waals surface area contributed by atoms with Gasteiger partial charge in [-0.3, -0.25) is 0 Å². The van der Waals surface area contributed by atoms with Crippen LogP contribution in [0.1, 0.15) is 10.7 Å². The van der Waals surface area contributed by atoms with E-state index in [2.05, 4.69) is 47.1 Å². The highest BCUT2D eigenvalue weighted by Gasteiger charge is 2.03. The van der Waals surface area contributed by atoms with Crippen molar-refractivity contribution in [2.75, 3.05) is 5.32 Å². The molecule has 0 aliphatic rings. The van der Waals surface area contributed by atoms with Gasteiger partial charge in [-0.15, -0.1) is 11.3 Å². The SMILES string of the molecule is Cc1csc(CNc2ncc(Br)cc2Br)n1. The maximum absolute atomic E-state index is 4.38. The van der Waals surface area contributed by atoms with Gasteiger partial charge in [0.05, 0.1) is 11.0 Å². The van der Waals surface area contributed by atoms with Crippen LogP contribution in [0.2, 0.25) is 0 Å². The molecule has 2 rings (SSSR count). The number of hydrogen-bond donors (Lipinski definition) is 1. The van der Waals surface area contributed by atoms with E-state index in [1.54, 1.807) is 17.5 Å². The summed E-state index contributed by atoms with van der Waals surface area (Å²) in [5.74, 6) is 0.830. The zero-order chi connectivity index (χ0) is 11.5. The summed E-state index contributed by atoms with van der Waals surface area (Å²) in [5.41, 5.74) is 1.06. The molecule has 0 saturated carbocycles. The zero-order valence-corrected chi connectivity index (χ0v) is 12.5. The fourth-order valence-electron chi connectivity index (χ4n) is 1.19. The molecule has 2 aromatic heterocycles. The van der Waals surface area contributed by atoms with Crippen LogP contribution in [0.4, 0.5) is 5.82 Å². The first-order valence-corrected chi connectivity index (χ1v) is 7.07. The first-order chi connectivity index (χ1) is 7.65. The lowest BCUT2D eigenvalue weighted by atomic mass is 10.4. The number of thiazole rings is 1. The molecule has 0 atom stereocenters. The standard InChI is InChI=1S/C10H9Br2N3S/c1-6-5-16-9(15-6)4-14-10-8(12)2-7(11)3-13-10/h2-3,5H,4H2,1H3,(H,13,14). The van der Waals surface area contributed by atoms with Crippen LogP contribution < -0.4 is 5.32 Å². The Hall–Kier alpha value is -0.460. The Morgan fingerprint density at radius 1 is 1.44 bits per heavy atom. The molecule has 2 heterocycles. The van der Waals surface area contributed by atoms with Crippen LogP contribution >= 0.6 is 43.2 Å². The minimum Gasteiger partial charge on any atom is -0.363 e. The highest BCUT2D eigenvalue weighted by molar-refractivity contribution is 9.11. The van der Waals surface area contributed by atoms with Crippen LogP contribution in [0, 0.1) is 6.92 Å². The van der Waals surface area contributed by atoms with Crippen molar-refractivity contribution in [3.63, 3.8) is 0 Å². The second-order valence-electron chi connectivity index (χ2n) is 3.22. The van der Waals surface area contributed by atoms with Gasteiger partial charge in [-0.25, -0.2) is 9.97 Å². The molecule has 0 saturated heterocycles. The van der Waals surface area contributed by atoms with Gasteiger partial charge in [-0.2, -0.15) is 0 Å². The Balaban J connectivity index is 2.04. The molecule has 6 heteroatoms. The van der Waals surface area contributed by atoms with E-state index in [9.17, 15) is 0 Å². The maximum atomic E-state index is 4.38. The lowest BCUT2D eigenvalue weighted by molar-refractivity contribution is 1.05. The zero-order valence-electron chi connectivity index (χ0n) is 8.50. The van der Waals surface area contributed by atoms with E-state index in [1.807, 2.05) is 18.4 Å². The average Bonchev–Trinajstić information content (AvgIpc) is 2.63. The van der Waals surface area contributed by atoms with Crippen LogP contribution in [0.25, 0.3) is 0 Å². The van der Waals surface area contributed by atoms with Crippen molar-refractivity contribution in [1.82, 2.24) is 9.97 Å². The number of anilines is 1. The summed E-state index contributed by atoms with van der Waals surface area (Å²) in [7, 11) is 0. The Labute approximate surface area is 115 Å². The van der Waals surface area contributed by atoms with Gasteiger partial charge in [0.2, 0.25) is 0 Å². The summed E-state index contributed by atoms with van der Waals surface area (Å²) in [6, 6.07) is 1.96. The molecule has 3 nitrogen and oxygen atoms in total. The van der Waals surface area contributed by atoms with Crippen molar-refractivity contribution in [2.24, 2.45) is 0 Å². The molecule has 0 aromatic carbocycles. The number of pyridine rings is 1. The molecule has 0 fully saturated rings. The fraction of sp³-hybridized carbons (Fsp3) is 0.200. The second kappa shape index (κ2) is 5.25. The minimum absolute atomic E-state index is 0.700. The average molecular weight is 363 g/mol. The number of halogens is 2. The van der Waals surface area contributed by atoms with Crippen LogP contribution in [0.5, 0.6) is 0 Å². The quantitative estimate of drug-likeness (QED) is 0.897. The van der Waals surface area contributed by atoms with Gasteiger partial charge < -0.3 is 5.32 Å². The highest BCUT2D eigenvalue weighted by Crippen LogP contribution is 2.24. The number of aryl methyl sites for hydroxylation is 1. The molecule has 0 amide bonds. The van der Waals surface area contributed by atoms with Gasteiger partial charge in [-0.1, -0.05) is 0 Å². The van der Waals surface area contributed by atoms with Crippen LogP contribution in [0.15, 0.2) is 26.6 Å². The van der Waals surface area contributed by atoms with Gasteiger partial charge in [0.1, 0.15) is 10.8 Å². The lowest BCUT2D eigenvalue weighted by Gasteiger charge is -2.05. The van der Waals surface area contributed by atoms with Crippen molar-refractivity contribution in [3.05, 3.63) is 37.3 Å². The third-order valence-electron chi connectivity index (χ3n) is 1.88. The Kier molecular flexibility index (Phi) is 3.94. The molecule has 2 aromatic rings. The van der Waals surface area contributed by atoms with E-state index in [0.29, 0.717) is 6.54 Å². The molecule has 0 aliphatic carbocycles. The van der Waals surface area contributed by atoms with Crippen molar-refractivity contribution in [3.8, 4) is 0 Å². The molecule has 16 heavy (non-hydrogen) atoms. The van der Waals surface area contributed by atoms with E-state index in [4.69, 9.17) is 0 Å². The summed E-state index contributed by atoms with van der Waals surface area (Å²) >= 11 is 8.47. The van der Waals surface area contributed by atoms with Gasteiger partial charge >= 0.3 is 0 Å². The van der Waals surface area contributed by atoms with Crippen molar-refractivity contribution >= 4 is 49.0 Å². The van der Waals surface area contributed by atoms with Crippen molar-refractivity contribution < 1.29 is 0 Å². The first-order valence-electron chi connectivity index (χ1n) is 4.61. The lowest BCUT2D eigenvalue weighted by Crippen LogP contribution is -2.01. The molecule has 0 radical (unpaired) electrons. The topological polar surface area (TPSA) is 37.8 Å². The van der Waals surface area contributed by atoms with Crippen LogP contribution in [-0.4, -0.2) is 9.97 Å². The van der Waals surface area contributed by atoms with Gasteiger partial charge in [0.15, 0.2) is 0 Å². The van der Waals surface area contributed by atoms with E-state index in [0.717, 1.165) is 25.5 Å². The van der Waals surface area contributed by atoms with Gasteiger partial charge in [0.25, 0.3) is 0 Å². The third-order valence-corrected chi connectivity index (χ3v) is 3.89. The number of aromatic nitrogens is 2. The van der Waals surface area contributed by atoms with Crippen molar-refractivity contribution in [1.29, 1.82) is 0 Å². The van der Waals surface area contributed by atoms with Crippen LogP contribution in [0.3, 0.4) is 0 Å². The monoisotopic (exact) mass is 361 g/mol. The normalized spacial score (nSPS) is 10.4. The number of rotatable bonds is 3. The van der Waals surface area contributed by atoms with Gasteiger partial charge in [-0.05, 0) is 44.8 Å². The molecule has 0 aliphatic heterocycles. The van der Waals surface area contributed by atoms with Crippen molar-refractivity contribution in [2.45, 2.75) is 13.5 Å².